The Morgan fingerprint density at radius 3 is 2.53 bits per heavy atom. The summed E-state index contributed by atoms with van der Waals surface area (Å²) in [5.41, 5.74) is 1.99. The molecule has 9 nitrogen and oxygen atoms in total. The first-order chi connectivity index (χ1) is 7.81. The van der Waals surface area contributed by atoms with Crippen LogP contribution >= 0.6 is 7.75 Å². The second-order valence-electron chi connectivity index (χ2n) is 2.96. The minimum atomic E-state index is -4.47. The van der Waals surface area contributed by atoms with Gasteiger partial charge < -0.3 is 19.9 Å². The van der Waals surface area contributed by atoms with Crippen LogP contribution in [0.2, 0.25) is 0 Å². The van der Waals surface area contributed by atoms with E-state index in [0.29, 0.717) is 0 Å². The van der Waals surface area contributed by atoms with Crippen LogP contribution in [-0.4, -0.2) is 21.8 Å². The highest BCUT2D eigenvalue weighted by Gasteiger charge is 2.14. The molecular weight excluding hydrogens is 253 g/mol. The number of hydrazine groups is 1. The van der Waals surface area contributed by atoms with Gasteiger partial charge in [-0.1, -0.05) is 0 Å². The van der Waals surface area contributed by atoms with Gasteiger partial charge in [-0.25, -0.2) is 4.57 Å². The van der Waals surface area contributed by atoms with E-state index in [4.69, 9.17) is 14.5 Å². The molecule has 10 heteroatoms. The van der Waals surface area contributed by atoms with Gasteiger partial charge in [-0.15, -0.1) is 5.20 Å². The summed E-state index contributed by atoms with van der Waals surface area (Å²) in [5.74, 6) is 0.189. The number of hydrogen-bond acceptors (Lipinski definition) is 5. The molecule has 4 N–H and O–H groups in total. The summed E-state index contributed by atoms with van der Waals surface area (Å²) in [5, 5.41) is 12.3. The van der Waals surface area contributed by atoms with E-state index in [0.717, 1.165) is 6.07 Å². The van der Waals surface area contributed by atoms with Crippen LogP contribution in [-0.2, 0) is 4.57 Å². The molecule has 0 saturated carbocycles. The van der Waals surface area contributed by atoms with Crippen LogP contribution in [0, 0.1) is 10.1 Å². The van der Waals surface area contributed by atoms with Crippen LogP contribution < -0.4 is 15.4 Å². The molecule has 0 unspecified atom stereocenters. The lowest BCUT2D eigenvalue weighted by Crippen LogP contribution is -2.17. The van der Waals surface area contributed by atoms with Gasteiger partial charge >= 0.3 is 7.75 Å². The summed E-state index contributed by atoms with van der Waals surface area (Å²) in [7, 11) is -3.15. The maximum Gasteiger partial charge on any atom is 0.417 e. The number of nitrogens with one attached hydrogen (secondary N) is 2. The highest BCUT2D eigenvalue weighted by atomic mass is 31.2. The molecule has 1 aromatic rings. The quantitative estimate of drug-likeness (QED) is 0.345. The Morgan fingerprint density at radius 1 is 1.41 bits per heavy atom. The minimum Gasteiger partial charge on any atom is -0.496 e. The number of nitrogens with zero attached hydrogens (tertiary/aromatic N) is 1. The zero-order valence-electron chi connectivity index (χ0n) is 8.65. The first-order valence-electron chi connectivity index (χ1n) is 4.24. The maximum absolute atomic E-state index is 10.6. The Balaban J connectivity index is 2.95. The van der Waals surface area contributed by atoms with E-state index in [2.05, 4.69) is 5.43 Å². The molecule has 94 valence electrons. The maximum atomic E-state index is 10.6. The summed E-state index contributed by atoms with van der Waals surface area (Å²) in [4.78, 5) is 27.0. The van der Waals surface area contributed by atoms with Crippen molar-refractivity contribution in [1.82, 2.24) is 5.20 Å². The molecule has 0 atom stereocenters. The molecule has 0 aliphatic rings. The van der Waals surface area contributed by atoms with E-state index in [1.165, 1.54) is 19.2 Å². The summed E-state index contributed by atoms with van der Waals surface area (Å²) in [6.07, 6.45) is 0. The lowest BCUT2D eigenvalue weighted by Gasteiger charge is -2.10. The monoisotopic (exact) mass is 263 g/mol. The fourth-order valence-electron chi connectivity index (χ4n) is 1.02. The molecular formula is C7H10N3O6P. The van der Waals surface area contributed by atoms with E-state index < -0.39 is 12.7 Å². The Hall–Kier alpha value is -1.67. The minimum absolute atomic E-state index is 0.0966. The van der Waals surface area contributed by atoms with Gasteiger partial charge in [-0.3, -0.25) is 10.1 Å². The number of nitro benzene ring substituents is 1. The Labute approximate surface area is 95.7 Å². The van der Waals surface area contributed by atoms with Crippen molar-refractivity contribution in [3.05, 3.63) is 28.3 Å². The molecule has 17 heavy (non-hydrogen) atoms. The highest BCUT2D eigenvalue weighted by molar-refractivity contribution is 7.49. The number of anilines is 1. The number of methoxy groups -OCH3 is 1. The van der Waals surface area contributed by atoms with Gasteiger partial charge in [0.2, 0.25) is 0 Å². The van der Waals surface area contributed by atoms with Crippen molar-refractivity contribution in [2.24, 2.45) is 0 Å². The topological polar surface area (TPSA) is 134 Å². The Kier molecular flexibility index (Phi) is 4.02. The average Bonchev–Trinajstić information content (AvgIpc) is 2.25. The van der Waals surface area contributed by atoms with Gasteiger partial charge in [0, 0.05) is 12.1 Å². The van der Waals surface area contributed by atoms with Crippen LogP contribution in [0.25, 0.3) is 0 Å². The number of benzene rings is 1. The summed E-state index contributed by atoms with van der Waals surface area (Å²) in [6.45, 7) is 0. The van der Waals surface area contributed by atoms with E-state index in [1.807, 2.05) is 0 Å². The van der Waals surface area contributed by atoms with Crippen LogP contribution in [0.5, 0.6) is 5.75 Å². The fraction of sp³-hybridized carbons (Fsp3) is 0.143. The van der Waals surface area contributed by atoms with Crippen molar-refractivity contribution in [1.29, 1.82) is 0 Å². The highest BCUT2D eigenvalue weighted by Crippen LogP contribution is 2.30. The smallest absolute Gasteiger partial charge is 0.417 e. The number of non-ortho nitro benzene ring substituents is 1. The zero-order chi connectivity index (χ0) is 13.1. The second kappa shape index (κ2) is 5.11. The first kappa shape index (κ1) is 13.4. The van der Waals surface area contributed by atoms with Gasteiger partial charge in [-0.2, -0.15) is 0 Å². The number of nitro groups is 1. The van der Waals surface area contributed by atoms with E-state index in [1.54, 1.807) is 5.20 Å². The van der Waals surface area contributed by atoms with E-state index in [-0.39, 0.29) is 17.1 Å². The second-order valence-corrected chi connectivity index (χ2v) is 4.27. The van der Waals surface area contributed by atoms with E-state index in [9.17, 15) is 14.7 Å². The molecule has 1 rings (SSSR count). The standard InChI is InChI=1S/C7H10N3O6P/c1-16-7-3-5(8-9-17(13,14)15)2-6(4-7)10(11)12/h2-4,8H,1H3,(H3,9,13,14,15). The third-order valence-electron chi connectivity index (χ3n) is 1.68. The number of ether oxygens (including phenoxy) is 1. The molecule has 0 aromatic heterocycles. The Morgan fingerprint density at radius 2 is 2.06 bits per heavy atom. The molecule has 0 aliphatic carbocycles. The van der Waals surface area contributed by atoms with Gasteiger partial charge in [0.05, 0.1) is 23.8 Å². The molecule has 0 fully saturated rings. The predicted octanol–water partition coefficient (Wildman–Crippen LogP) is 0.613. The van der Waals surface area contributed by atoms with Crippen molar-refractivity contribution in [2.75, 3.05) is 12.5 Å². The van der Waals surface area contributed by atoms with Crippen LogP contribution in [0.4, 0.5) is 11.4 Å². The fourth-order valence-corrected chi connectivity index (χ4v) is 1.29. The van der Waals surface area contributed by atoms with Gasteiger partial charge in [0.1, 0.15) is 5.75 Å². The van der Waals surface area contributed by atoms with Crippen molar-refractivity contribution >= 4 is 19.1 Å². The normalized spacial score (nSPS) is 11.0. The van der Waals surface area contributed by atoms with Crippen molar-refractivity contribution in [2.45, 2.75) is 0 Å². The van der Waals surface area contributed by atoms with Gasteiger partial charge in [-0.05, 0) is 0 Å². The molecule has 1 aromatic carbocycles. The molecule has 0 radical (unpaired) electrons. The third-order valence-corrected chi connectivity index (χ3v) is 2.09. The van der Waals surface area contributed by atoms with Crippen LogP contribution in [0.1, 0.15) is 0 Å². The van der Waals surface area contributed by atoms with E-state index >= 15 is 0 Å². The predicted molar refractivity (Wildman–Crippen MR) is 58.5 cm³/mol. The molecule has 0 amide bonds. The van der Waals surface area contributed by atoms with Crippen LogP contribution in [0.3, 0.4) is 0 Å². The number of rotatable bonds is 5. The zero-order valence-corrected chi connectivity index (χ0v) is 9.55. The number of hydrogen-bond donors (Lipinski definition) is 4. The average molecular weight is 263 g/mol. The largest absolute Gasteiger partial charge is 0.496 e. The lowest BCUT2D eigenvalue weighted by molar-refractivity contribution is -0.384. The van der Waals surface area contributed by atoms with Crippen LogP contribution in [0.15, 0.2) is 18.2 Å². The third kappa shape index (κ3) is 4.37. The summed E-state index contributed by atoms with van der Waals surface area (Å²) < 4.78 is 15.3. The van der Waals surface area contributed by atoms with Crippen molar-refractivity contribution in [3.8, 4) is 5.75 Å². The SMILES string of the molecule is COc1cc(NNP(=O)(O)O)cc([N+](=O)[O-])c1. The van der Waals surface area contributed by atoms with Crippen molar-refractivity contribution < 1.29 is 24.0 Å². The summed E-state index contributed by atoms with van der Waals surface area (Å²) in [6, 6.07) is 3.63. The molecule has 0 heterocycles. The molecule has 0 bridgehead atoms. The molecule has 0 saturated heterocycles. The van der Waals surface area contributed by atoms with Gasteiger partial charge in [0.25, 0.3) is 5.69 Å². The van der Waals surface area contributed by atoms with Gasteiger partial charge in [0.15, 0.2) is 0 Å². The Bertz CT molecular complexity index is 473. The molecule has 0 aliphatic heterocycles. The first-order valence-corrected chi connectivity index (χ1v) is 5.85. The van der Waals surface area contributed by atoms with Crippen molar-refractivity contribution in [3.63, 3.8) is 0 Å². The summed E-state index contributed by atoms with van der Waals surface area (Å²) >= 11 is 0. The molecule has 0 spiro atoms. The lowest BCUT2D eigenvalue weighted by atomic mass is 10.2.